The number of carbonyl (C=O) groups excluding carboxylic acids is 3. The van der Waals surface area contributed by atoms with Crippen LogP contribution in [0.15, 0.2) is 18.2 Å². The van der Waals surface area contributed by atoms with Gasteiger partial charge in [0.1, 0.15) is 5.00 Å². The standard InChI is InChI=1S/C20H22N2O7S/c1-5-14-12(4)30-18(17(14)20(25)28-6-2)21-16(23)10-29-19(24)13-7-8-15(22(26)27)11(3)9-13/h7-9H,5-6,10H2,1-4H3,(H,21,23). The van der Waals surface area contributed by atoms with Gasteiger partial charge in [-0.15, -0.1) is 11.3 Å². The first-order valence-electron chi connectivity index (χ1n) is 9.20. The fourth-order valence-electron chi connectivity index (χ4n) is 2.88. The van der Waals surface area contributed by atoms with Gasteiger partial charge in [-0.05, 0) is 44.9 Å². The minimum Gasteiger partial charge on any atom is -0.462 e. The van der Waals surface area contributed by atoms with Crippen molar-refractivity contribution in [2.75, 3.05) is 18.5 Å². The number of anilines is 1. The topological polar surface area (TPSA) is 125 Å². The largest absolute Gasteiger partial charge is 0.462 e. The lowest BCUT2D eigenvalue weighted by atomic mass is 10.1. The van der Waals surface area contributed by atoms with Gasteiger partial charge in [0.15, 0.2) is 6.61 Å². The summed E-state index contributed by atoms with van der Waals surface area (Å²) in [6.07, 6.45) is 0.598. The van der Waals surface area contributed by atoms with E-state index in [1.807, 2.05) is 13.8 Å². The number of hydrogen-bond acceptors (Lipinski definition) is 8. The Balaban J connectivity index is 2.08. The third-order valence-corrected chi connectivity index (χ3v) is 5.32. The van der Waals surface area contributed by atoms with E-state index in [1.54, 1.807) is 6.92 Å². The highest BCUT2D eigenvalue weighted by molar-refractivity contribution is 7.16. The molecule has 0 unspecified atom stereocenters. The van der Waals surface area contributed by atoms with Gasteiger partial charge >= 0.3 is 11.9 Å². The van der Waals surface area contributed by atoms with E-state index in [0.29, 0.717) is 22.5 Å². The Hall–Kier alpha value is -3.27. The van der Waals surface area contributed by atoms with Crippen LogP contribution in [0, 0.1) is 24.0 Å². The van der Waals surface area contributed by atoms with Crippen molar-refractivity contribution < 1.29 is 28.8 Å². The second-order valence-corrected chi connectivity index (χ2v) is 7.52. The quantitative estimate of drug-likeness (QED) is 0.380. The molecule has 0 aliphatic rings. The summed E-state index contributed by atoms with van der Waals surface area (Å²) < 4.78 is 10.1. The SMILES string of the molecule is CCOC(=O)c1c(NC(=O)COC(=O)c2ccc([N+](=O)[O-])c(C)c2)sc(C)c1CC. The number of nitrogens with one attached hydrogen (secondary N) is 1. The normalized spacial score (nSPS) is 10.4. The summed E-state index contributed by atoms with van der Waals surface area (Å²) in [5.74, 6) is -1.92. The van der Waals surface area contributed by atoms with Crippen molar-refractivity contribution in [2.24, 2.45) is 0 Å². The maximum Gasteiger partial charge on any atom is 0.341 e. The van der Waals surface area contributed by atoms with Crippen molar-refractivity contribution in [3.8, 4) is 0 Å². The number of thiophene rings is 1. The summed E-state index contributed by atoms with van der Waals surface area (Å²) in [7, 11) is 0. The van der Waals surface area contributed by atoms with Crippen LogP contribution < -0.4 is 5.32 Å². The number of ether oxygens (including phenoxy) is 2. The summed E-state index contributed by atoms with van der Waals surface area (Å²) in [4.78, 5) is 47.9. The Morgan fingerprint density at radius 3 is 2.40 bits per heavy atom. The number of nitrogens with zero attached hydrogens (tertiary/aromatic N) is 1. The number of benzene rings is 1. The highest BCUT2D eigenvalue weighted by atomic mass is 32.1. The molecule has 2 rings (SSSR count). The molecule has 2 aromatic rings. The van der Waals surface area contributed by atoms with Crippen LogP contribution in [0.3, 0.4) is 0 Å². The lowest BCUT2D eigenvalue weighted by molar-refractivity contribution is -0.385. The molecule has 10 heteroatoms. The van der Waals surface area contributed by atoms with Crippen molar-refractivity contribution in [3.05, 3.63) is 55.4 Å². The van der Waals surface area contributed by atoms with Gasteiger partial charge in [0.2, 0.25) is 0 Å². The molecule has 9 nitrogen and oxygen atoms in total. The first-order valence-corrected chi connectivity index (χ1v) is 10.0. The van der Waals surface area contributed by atoms with E-state index in [-0.39, 0.29) is 17.9 Å². The maximum atomic E-state index is 12.3. The Kier molecular flexibility index (Phi) is 7.65. The average molecular weight is 434 g/mol. The van der Waals surface area contributed by atoms with E-state index in [1.165, 1.54) is 36.5 Å². The Labute approximate surface area is 177 Å². The molecule has 0 aliphatic carbocycles. The molecule has 1 heterocycles. The summed E-state index contributed by atoms with van der Waals surface area (Å²) in [5, 5.41) is 13.8. The van der Waals surface area contributed by atoms with E-state index in [2.05, 4.69) is 5.32 Å². The fourth-order valence-corrected chi connectivity index (χ4v) is 4.03. The second-order valence-electron chi connectivity index (χ2n) is 6.30. The van der Waals surface area contributed by atoms with Gasteiger partial charge in [-0.1, -0.05) is 6.92 Å². The molecular formula is C20H22N2O7S. The molecular weight excluding hydrogens is 412 g/mol. The van der Waals surface area contributed by atoms with Crippen molar-refractivity contribution >= 4 is 39.9 Å². The van der Waals surface area contributed by atoms with Gasteiger partial charge in [0, 0.05) is 16.5 Å². The first-order chi connectivity index (χ1) is 14.2. The zero-order chi connectivity index (χ0) is 22.4. The van der Waals surface area contributed by atoms with Crippen molar-refractivity contribution in [1.82, 2.24) is 0 Å². The molecule has 0 fully saturated rings. The minimum absolute atomic E-state index is 0.0957. The van der Waals surface area contributed by atoms with Crippen LogP contribution in [-0.2, 0) is 20.7 Å². The fraction of sp³-hybridized carbons (Fsp3) is 0.350. The summed E-state index contributed by atoms with van der Waals surface area (Å²) in [6, 6.07) is 3.80. The van der Waals surface area contributed by atoms with Crippen LogP contribution in [-0.4, -0.2) is 36.0 Å². The summed E-state index contributed by atoms with van der Waals surface area (Å²) >= 11 is 1.25. The summed E-state index contributed by atoms with van der Waals surface area (Å²) in [6.45, 7) is 6.57. The molecule has 1 aromatic carbocycles. The maximum absolute atomic E-state index is 12.3. The molecule has 160 valence electrons. The Morgan fingerprint density at radius 1 is 1.13 bits per heavy atom. The lowest BCUT2D eigenvalue weighted by Gasteiger charge is -2.09. The van der Waals surface area contributed by atoms with Gasteiger partial charge in [0.25, 0.3) is 11.6 Å². The highest BCUT2D eigenvalue weighted by Gasteiger charge is 2.24. The number of nitro groups is 1. The molecule has 30 heavy (non-hydrogen) atoms. The second kappa shape index (κ2) is 9.97. The zero-order valence-electron chi connectivity index (χ0n) is 17.1. The molecule has 0 atom stereocenters. The molecule has 1 N–H and O–H groups in total. The number of nitro benzene ring substituents is 1. The number of hydrogen-bond donors (Lipinski definition) is 1. The number of esters is 2. The van der Waals surface area contributed by atoms with Crippen LogP contribution in [0.5, 0.6) is 0 Å². The van der Waals surface area contributed by atoms with Crippen molar-refractivity contribution in [1.29, 1.82) is 0 Å². The van der Waals surface area contributed by atoms with E-state index >= 15 is 0 Å². The van der Waals surface area contributed by atoms with Crippen LogP contribution >= 0.6 is 11.3 Å². The first kappa shape index (κ1) is 23.0. The number of amides is 1. The van der Waals surface area contributed by atoms with Crippen molar-refractivity contribution in [2.45, 2.75) is 34.1 Å². The van der Waals surface area contributed by atoms with E-state index in [0.717, 1.165) is 10.4 Å². The molecule has 0 bridgehead atoms. The Bertz CT molecular complexity index is 997. The molecule has 0 radical (unpaired) electrons. The van der Waals surface area contributed by atoms with Gasteiger partial charge < -0.3 is 14.8 Å². The number of carbonyl (C=O) groups is 3. The molecule has 0 saturated heterocycles. The smallest absolute Gasteiger partial charge is 0.341 e. The minimum atomic E-state index is -0.787. The highest BCUT2D eigenvalue weighted by Crippen LogP contribution is 2.34. The molecule has 0 spiro atoms. The van der Waals surface area contributed by atoms with E-state index in [9.17, 15) is 24.5 Å². The predicted octanol–water partition coefficient (Wildman–Crippen LogP) is 3.81. The van der Waals surface area contributed by atoms with Gasteiger partial charge in [-0.3, -0.25) is 14.9 Å². The number of aryl methyl sites for hydroxylation is 2. The van der Waals surface area contributed by atoms with Crippen LogP contribution in [0.1, 0.15) is 50.6 Å². The third-order valence-electron chi connectivity index (χ3n) is 4.26. The van der Waals surface area contributed by atoms with Gasteiger partial charge in [-0.2, -0.15) is 0 Å². The third kappa shape index (κ3) is 5.20. The average Bonchev–Trinajstić information content (AvgIpc) is 3.00. The zero-order valence-corrected chi connectivity index (χ0v) is 17.9. The van der Waals surface area contributed by atoms with E-state index < -0.39 is 29.4 Å². The number of rotatable bonds is 8. The molecule has 0 aliphatic heterocycles. The van der Waals surface area contributed by atoms with Crippen LogP contribution in [0.25, 0.3) is 0 Å². The molecule has 0 saturated carbocycles. The van der Waals surface area contributed by atoms with Gasteiger partial charge in [-0.25, -0.2) is 9.59 Å². The molecule has 1 aromatic heterocycles. The van der Waals surface area contributed by atoms with Crippen LogP contribution in [0.4, 0.5) is 10.7 Å². The molecule has 1 amide bonds. The monoisotopic (exact) mass is 434 g/mol. The lowest BCUT2D eigenvalue weighted by Crippen LogP contribution is -2.22. The predicted molar refractivity (Wildman–Crippen MR) is 111 cm³/mol. The van der Waals surface area contributed by atoms with Gasteiger partial charge in [0.05, 0.1) is 22.7 Å². The van der Waals surface area contributed by atoms with Crippen LogP contribution in [0.2, 0.25) is 0 Å². The van der Waals surface area contributed by atoms with E-state index in [4.69, 9.17) is 9.47 Å². The summed E-state index contributed by atoms with van der Waals surface area (Å²) in [5.41, 5.74) is 1.40. The van der Waals surface area contributed by atoms with Crippen molar-refractivity contribution in [3.63, 3.8) is 0 Å². The Morgan fingerprint density at radius 2 is 1.83 bits per heavy atom.